The second-order valence-electron chi connectivity index (χ2n) is 7.62. The second-order valence-corrected chi connectivity index (χ2v) is 7.62. The predicted molar refractivity (Wildman–Crippen MR) is 81.2 cm³/mol. The van der Waals surface area contributed by atoms with Crippen LogP contribution in [0, 0.1) is 23.1 Å². The fourth-order valence-electron chi connectivity index (χ4n) is 5.46. The van der Waals surface area contributed by atoms with E-state index in [1.165, 1.54) is 18.9 Å². The summed E-state index contributed by atoms with van der Waals surface area (Å²) in [5.41, 5.74) is 3.13. The van der Waals surface area contributed by atoms with Crippen molar-refractivity contribution in [1.29, 1.82) is 0 Å². The lowest BCUT2D eigenvalue weighted by Gasteiger charge is -2.34. The van der Waals surface area contributed by atoms with Gasteiger partial charge in [0.1, 0.15) is 5.82 Å². The molecule has 0 radical (unpaired) electrons. The maximum Gasteiger partial charge on any atom is 0.229 e. The monoisotopic (exact) mass is 297 g/mol. The van der Waals surface area contributed by atoms with Crippen LogP contribution >= 0.6 is 0 Å². The molecular formula is C19H20FNO. The van der Waals surface area contributed by atoms with Crippen LogP contribution in [0.2, 0.25) is 0 Å². The van der Waals surface area contributed by atoms with E-state index in [4.69, 9.17) is 0 Å². The molecule has 1 aromatic carbocycles. The fourth-order valence-corrected chi connectivity index (χ4v) is 5.46. The van der Waals surface area contributed by atoms with Gasteiger partial charge in [0, 0.05) is 18.7 Å². The third kappa shape index (κ3) is 1.57. The number of carbonyl (C=O) groups excluding carboxylic acids is 1. The van der Waals surface area contributed by atoms with Crippen LogP contribution in [0.5, 0.6) is 0 Å². The summed E-state index contributed by atoms with van der Waals surface area (Å²) in [5, 5.41) is 0. The normalized spacial score (nSPS) is 34.8. The van der Waals surface area contributed by atoms with Crippen molar-refractivity contribution >= 4 is 5.91 Å². The number of rotatable bonds is 1. The molecular weight excluding hydrogens is 277 g/mol. The van der Waals surface area contributed by atoms with E-state index in [1.54, 1.807) is 11.6 Å². The Kier molecular flexibility index (Phi) is 2.46. The summed E-state index contributed by atoms with van der Waals surface area (Å²) in [5.74, 6) is 1.49. The SMILES string of the molecule is O=C(N1Cc2cccc(F)c2C1)C12CC=C3CCC(C1)C3C2. The van der Waals surface area contributed by atoms with Crippen LogP contribution in [0.25, 0.3) is 0 Å². The summed E-state index contributed by atoms with van der Waals surface area (Å²) in [6, 6.07) is 5.20. The van der Waals surface area contributed by atoms with Gasteiger partial charge in [0.2, 0.25) is 5.91 Å². The van der Waals surface area contributed by atoms with Gasteiger partial charge in [-0.25, -0.2) is 4.39 Å². The second kappa shape index (κ2) is 4.21. The predicted octanol–water partition coefficient (Wildman–Crippen LogP) is 3.80. The largest absolute Gasteiger partial charge is 0.333 e. The number of fused-ring (bicyclic) bond motifs is 2. The quantitative estimate of drug-likeness (QED) is 0.722. The van der Waals surface area contributed by atoms with Crippen LogP contribution in [0.15, 0.2) is 29.8 Å². The first-order valence-corrected chi connectivity index (χ1v) is 8.41. The number of nitrogens with zero attached hydrogens (tertiary/aromatic N) is 1. The molecule has 0 N–H and O–H groups in total. The summed E-state index contributed by atoms with van der Waals surface area (Å²) in [7, 11) is 0. The summed E-state index contributed by atoms with van der Waals surface area (Å²) in [6.07, 6.45) is 7.86. The molecule has 3 unspecified atom stereocenters. The number of benzene rings is 1. The minimum atomic E-state index is -0.183. The molecule has 3 aliphatic carbocycles. The highest BCUT2D eigenvalue weighted by Gasteiger charge is 2.55. The number of hydrogen-bond donors (Lipinski definition) is 0. The van der Waals surface area contributed by atoms with Crippen molar-refractivity contribution in [2.45, 2.75) is 45.2 Å². The first-order chi connectivity index (χ1) is 10.7. The van der Waals surface area contributed by atoms with Crippen molar-refractivity contribution in [2.24, 2.45) is 17.3 Å². The Labute approximate surface area is 130 Å². The zero-order valence-electron chi connectivity index (χ0n) is 12.6. The van der Waals surface area contributed by atoms with Crippen LogP contribution in [0.1, 0.15) is 43.2 Å². The zero-order valence-corrected chi connectivity index (χ0v) is 12.6. The number of carbonyl (C=O) groups is 1. The molecule has 3 atom stereocenters. The molecule has 0 aromatic heterocycles. The van der Waals surface area contributed by atoms with E-state index in [-0.39, 0.29) is 17.1 Å². The highest BCUT2D eigenvalue weighted by Crippen LogP contribution is 2.60. The highest BCUT2D eigenvalue weighted by molar-refractivity contribution is 5.84. The molecule has 1 aliphatic heterocycles. The number of amides is 1. The third-order valence-electron chi connectivity index (χ3n) is 6.53. The minimum Gasteiger partial charge on any atom is -0.333 e. The van der Waals surface area contributed by atoms with Crippen molar-refractivity contribution in [1.82, 2.24) is 4.90 Å². The van der Waals surface area contributed by atoms with Crippen LogP contribution < -0.4 is 0 Å². The molecule has 2 nitrogen and oxygen atoms in total. The van der Waals surface area contributed by atoms with Gasteiger partial charge in [-0.3, -0.25) is 4.79 Å². The summed E-state index contributed by atoms with van der Waals surface area (Å²) in [6.45, 7) is 1.04. The first kappa shape index (κ1) is 12.9. The molecule has 1 amide bonds. The molecule has 2 fully saturated rings. The van der Waals surface area contributed by atoms with Gasteiger partial charge in [-0.15, -0.1) is 0 Å². The Morgan fingerprint density at radius 2 is 2.18 bits per heavy atom. The molecule has 22 heavy (non-hydrogen) atoms. The number of hydrogen-bond acceptors (Lipinski definition) is 1. The average molecular weight is 297 g/mol. The molecule has 114 valence electrons. The van der Waals surface area contributed by atoms with E-state index >= 15 is 0 Å². The van der Waals surface area contributed by atoms with Crippen LogP contribution in [0.3, 0.4) is 0 Å². The topological polar surface area (TPSA) is 20.3 Å². The van der Waals surface area contributed by atoms with Crippen molar-refractivity contribution in [3.63, 3.8) is 0 Å². The third-order valence-corrected chi connectivity index (χ3v) is 6.53. The van der Waals surface area contributed by atoms with E-state index < -0.39 is 0 Å². The van der Waals surface area contributed by atoms with Gasteiger partial charge in [-0.2, -0.15) is 0 Å². The Hall–Kier alpha value is -1.64. The lowest BCUT2D eigenvalue weighted by Crippen LogP contribution is -2.41. The van der Waals surface area contributed by atoms with E-state index in [9.17, 15) is 9.18 Å². The Bertz CT molecular complexity index is 709. The van der Waals surface area contributed by atoms with Gasteiger partial charge in [0.25, 0.3) is 0 Å². The van der Waals surface area contributed by atoms with Gasteiger partial charge in [0.15, 0.2) is 0 Å². The van der Waals surface area contributed by atoms with E-state index in [0.717, 1.165) is 36.3 Å². The maximum absolute atomic E-state index is 13.9. The standard InChI is InChI=1S/C19H20FNO/c20-17-3-1-2-14-10-21(11-16(14)17)18(22)19-7-6-12-4-5-13(8-19)15(12)9-19/h1-3,6,13,15H,4-5,7-11H2. The van der Waals surface area contributed by atoms with Crippen molar-refractivity contribution in [2.75, 3.05) is 0 Å². The molecule has 3 heteroatoms. The number of halogens is 1. The maximum atomic E-state index is 13.9. The molecule has 1 heterocycles. The Morgan fingerprint density at radius 3 is 3.05 bits per heavy atom. The average Bonchev–Trinajstić information content (AvgIpc) is 3.15. The van der Waals surface area contributed by atoms with Gasteiger partial charge in [-0.1, -0.05) is 23.8 Å². The van der Waals surface area contributed by atoms with Crippen molar-refractivity contribution in [3.8, 4) is 0 Å². The van der Waals surface area contributed by atoms with Crippen LogP contribution in [-0.2, 0) is 17.9 Å². The van der Waals surface area contributed by atoms with Gasteiger partial charge >= 0.3 is 0 Å². The Balaban J connectivity index is 1.44. The Morgan fingerprint density at radius 1 is 1.27 bits per heavy atom. The number of allylic oxidation sites excluding steroid dienone is 2. The van der Waals surface area contributed by atoms with Crippen molar-refractivity contribution < 1.29 is 9.18 Å². The summed E-state index contributed by atoms with van der Waals surface area (Å²) < 4.78 is 13.9. The summed E-state index contributed by atoms with van der Waals surface area (Å²) in [4.78, 5) is 15.1. The smallest absolute Gasteiger partial charge is 0.229 e. The molecule has 5 rings (SSSR count). The minimum absolute atomic E-state index is 0.167. The molecule has 0 saturated heterocycles. The van der Waals surface area contributed by atoms with Crippen LogP contribution in [-0.4, -0.2) is 10.8 Å². The molecule has 2 saturated carbocycles. The van der Waals surface area contributed by atoms with Gasteiger partial charge in [-0.05, 0) is 55.6 Å². The first-order valence-electron chi connectivity index (χ1n) is 8.41. The lowest BCUT2D eigenvalue weighted by molar-refractivity contribution is -0.143. The molecule has 4 aliphatic rings. The van der Waals surface area contributed by atoms with Crippen LogP contribution in [0.4, 0.5) is 4.39 Å². The van der Waals surface area contributed by atoms with Crippen molar-refractivity contribution in [3.05, 3.63) is 46.8 Å². The van der Waals surface area contributed by atoms with Gasteiger partial charge < -0.3 is 4.90 Å². The van der Waals surface area contributed by atoms with E-state index in [2.05, 4.69) is 6.08 Å². The summed E-state index contributed by atoms with van der Waals surface area (Å²) >= 11 is 0. The van der Waals surface area contributed by atoms with Gasteiger partial charge in [0.05, 0.1) is 5.41 Å². The molecule has 1 aromatic rings. The lowest BCUT2D eigenvalue weighted by atomic mass is 9.75. The van der Waals surface area contributed by atoms with E-state index in [0.29, 0.717) is 19.0 Å². The molecule has 0 spiro atoms. The van der Waals surface area contributed by atoms with E-state index in [1.807, 2.05) is 11.0 Å². The fraction of sp³-hybridized carbons (Fsp3) is 0.526. The molecule has 2 bridgehead atoms. The highest BCUT2D eigenvalue weighted by atomic mass is 19.1. The zero-order chi connectivity index (χ0) is 14.9.